The number of alkyl halides is 1. The van der Waals surface area contributed by atoms with E-state index in [9.17, 15) is 14.0 Å². The molecule has 90 valence electrons. The molecule has 1 unspecified atom stereocenters. The molecule has 0 aliphatic carbocycles. The lowest BCUT2D eigenvalue weighted by molar-refractivity contribution is -0.117. The maximum Gasteiger partial charge on any atom is 0.335 e. The number of carboxylic acid groups (broad SMARTS) is 1. The van der Waals surface area contributed by atoms with Gasteiger partial charge in [-0.3, -0.25) is 4.79 Å². The van der Waals surface area contributed by atoms with Gasteiger partial charge in [0.25, 0.3) is 0 Å². The molecule has 0 saturated carbocycles. The van der Waals surface area contributed by atoms with Crippen LogP contribution in [0.25, 0.3) is 0 Å². The molecule has 0 bridgehead atoms. The Balaban J connectivity index is 2.34. The molecule has 1 saturated heterocycles. The predicted molar refractivity (Wildman–Crippen MR) is 60.0 cm³/mol. The van der Waals surface area contributed by atoms with Crippen molar-refractivity contribution >= 4 is 29.2 Å². The van der Waals surface area contributed by atoms with Gasteiger partial charge in [-0.05, 0) is 18.2 Å². The van der Waals surface area contributed by atoms with Crippen molar-refractivity contribution in [2.75, 3.05) is 11.4 Å². The number of benzene rings is 1. The molecule has 1 atom stereocenters. The number of aromatic carboxylic acids is 1. The molecule has 0 radical (unpaired) electrons. The second kappa shape index (κ2) is 4.33. The van der Waals surface area contributed by atoms with Gasteiger partial charge in [0.15, 0.2) is 0 Å². The highest BCUT2D eigenvalue weighted by Gasteiger charge is 2.30. The van der Waals surface area contributed by atoms with Gasteiger partial charge in [0, 0.05) is 13.0 Å². The van der Waals surface area contributed by atoms with E-state index in [4.69, 9.17) is 16.7 Å². The number of carbonyl (C=O) groups is 2. The van der Waals surface area contributed by atoms with Crippen molar-refractivity contribution in [3.8, 4) is 0 Å². The van der Waals surface area contributed by atoms with Crippen molar-refractivity contribution in [1.29, 1.82) is 0 Å². The minimum absolute atomic E-state index is 0.0724. The van der Waals surface area contributed by atoms with Gasteiger partial charge in [-0.2, -0.15) is 0 Å². The summed E-state index contributed by atoms with van der Waals surface area (Å²) in [5, 5.41) is 8.36. The van der Waals surface area contributed by atoms with Crippen molar-refractivity contribution in [3.05, 3.63) is 29.6 Å². The Morgan fingerprint density at radius 1 is 1.53 bits per heavy atom. The molecular weight excluding hydrogens is 249 g/mol. The normalized spacial score (nSPS) is 19.8. The van der Waals surface area contributed by atoms with E-state index < -0.39 is 11.8 Å². The fraction of sp³-hybridized carbons (Fsp3) is 0.273. The molecule has 2 rings (SSSR count). The number of carbonyl (C=O) groups excluding carboxylic acids is 1. The highest BCUT2D eigenvalue weighted by molar-refractivity contribution is 6.24. The Hall–Kier alpha value is -1.62. The number of nitrogens with zero attached hydrogens (tertiary/aromatic N) is 1. The van der Waals surface area contributed by atoms with Gasteiger partial charge in [0.2, 0.25) is 5.91 Å². The second-order valence-electron chi connectivity index (χ2n) is 3.78. The third kappa shape index (κ3) is 2.24. The van der Waals surface area contributed by atoms with E-state index in [2.05, 4.69) is 0 Å². The first-order chi connectivity index (χ1) is 7.99. The van der Waals surface area contributed by atoms with Crippen LogP contribution in [0, 0.1) is 5.82 Å². The Kier molecular flexibility index (Phi) is 3.02. The maximum absolute atomic E-state index is 13.7. The van der Waals surface area contributed by atoms with E-state index in [0.29, 0.717) is 0 Å². The summed E-state index contributed by atoms with van der Waals surface area (Å²) in [6.07, 6.45) is 0.168. The average Bonchev–Trinajstić information content (AvgIpc) is 2.57. The van der Waals surface area contributed by atoms with Crippen LogP contribution >= 0.6 is 11.6 Å². The summed E-state index contributed by atoms with van der Waals surface area (Å²) in [4.78, 5) is 23.4. The first kappa shape index (κ1) is 11.9. The summed E-state index contributed by atoms with van der Waals surface area (Å²) in [5.74, 6) is -2.20. The summed E-state index contributed by atoms with van der Waals surface area (Å²) in [5.41, 5.74) is -0.0801. The van der Waals surface area contributed by atoms with E-state index in [1.807, 2.05) is 0 Å². The molecule has 1 N–H and O–H groups in total. The molecule has 17 heavy (non-hydrogen) atoms. The largest absolute Gasteiger partial charge is 0.478 e. The molecule has 6 heteroatoms. The lowest BCUT2D eigenvalue weighted by Crippen LogP contribution is -2.25. The zero-order valence-electron chi connectivity index (χ0n) is 8.69. The number of rotatable bonds is 2. The van der Waals surface area contributed by atoms with Gasteiger partial charge < -0.3 is 10.0 Å². The fourth-order valence-corrected chi connectivity index (χ4v) is 2.03. The number of amides is 1. The van der Waals surface area contributed by atoms with Crippen LogP contribution in [0.1, 0.15) is 16.8 Å². The molecule has 1 aromatic rings. The van der Waals surface area contributed by atoms with E-state index in [1.54, 1.807) is 0 Å². The van der Waals surface area contributed by atoms with Crippen molar-refractivity contribution in [2.24, 2.45) is 0 Å². The van der Waals surface area contributed by atoms with Crippen LogP contribution < -0.4 is 4.90 Å². The van der Waals surface area contributed by atoms with Crippen molar-refractivity contribution in [2.45, 2.75) is 11.8 Å². The third-order valence-corrected chi connectivity index (χ3v) is 2.86. The monoisotopic (exact) mass is 257 g/mol. The third-order valence-electron chi connectivity index (χ3n) is 2.56. The molecule has 1 aliphatic heterocycles. The molecule has 1 heterocycles. The molecule has 1 aliphatic rings. The highest BCUT2D eigenvalue weighted by Crippen LogP contribution is 2.27. The Morgan fingerprint density at radius 3 is 2.71 bits per heavy atom. The molecule has 1 aromatic carbocycles. The quantitative estimate of drug-likeness (QED) is 0.823. The van der Waals surface area contributed by atoms with Crippen LogP contribution in [0.2, 0.25) is 0 Å². The van der Waals surface area contributed by atoms with Crippen LogP contribution in [0.15, 0.2) is 18.2 Å². The van der Waals surface area contributed by atoms with Gasteiger partial charge in [-0.1, -0.05) is 0 Å². The van der Waals surface area contributed by atoms with Crippen LogP contribution in [-0.2, 0) is 4.79 Å². The van der Waals surface area contributed by atoms with Crippen LogP contribution in [0.4, 0.5) is 10.1 Å². The SMILES string of the molecule is O=C(O)c1ccc(N2CC(Cl)CC2=O)c(F)c1. The van der Waals surface area contributed by atoms with Crippen molar-refractivity contribution in [1.82, 2.24) is 0 Å². The highest BCUT2D eigenvalue weighted by atomic mass is 35.5. The predicted octanol–water partition coefficient (Wildman–Crippen LogP) is 1.87. The molecule has 1 amide bonds. The fourth-order valence-electron chi connectivity index (χ4n) is 1.76. The van der Waals surface area contributed by atoms with Crippen molar-refractivity contribution in [3.63, 3.8) is 0 Å². The summed E-state index contributed by atoms with van der Waals surface area (Å²) in [6.45, 7) is 0.240. The summed E-state index contributed by atoms with van der Waals surface area (Å²) < 4.78 is 13.7. The molecule has 1 fully saturated rings. The van der Waals surface area contributed by atoms with Gasteiger partial charge in [-0.25, -0.2) is 9.18 Å². The first-order valence-electron chi connectivity index (χ1n) is 4.96. The number of hydrogen-bond donors (Lipinski definition) is 1. The van der Waals surface area contributed by atoms with E-state index >= 15 is 0 Å². The van der Waals surface area contributed by atoms with Crippen LogP contribution in [0.3, 0.4) is 0 Å². The topological polar surface area (TPSA) is 57.6 Å². The molecule has 0 aromatic heterocycles. The summed E-state index contributed by atoms with van der Waals surface area (Å²) in [7, 11) is 0. The maximum atomic E-state index is 13.7. The van der Waals surface area contributed by atoms with Crippen LogP contribution in [-0.4, -0.2) is 28.9 Å². The Morgan fingerprint density at radius 2 is 2.24 bits per heavy atom. The number of anilines is 1. The van der Waals surface area contributed by atoms with E-state index in [1.165, 1.54) is 17.0 Å². The smallest absolute Gasteiger partial charge is 0.335 e. The van der Waals surface area contributed by atoms with E-state index in [0.717, 1.165) is 6.07 Å². The van der Waals surface area contributed by atoms with E-state index in [-0.39, 0.29) is 35.5 Å². The summed E-state index contributed by atoms with van der Waals surface area (Å²) in [6, 6.07) is 3.44. The first-order valence-corrected chi connectivity index (χ1v) is 5.40. The minimum Gasteiger partial charge on any atom is -0.478 e. The standard InChI is InChI=1S/C11H9ClFNO3/c12-7-4-10(15)14(5-7)9-2-1-6(11(16)17)3-8(9)13/h1-3,7H,4-5H2,(H,16,17). The lowest BCUT2D eigenvalue weighted by Gasteiger charge is -2.16. The number of halogens is 2. The Labute approximate surface area is 102 Å². The zero-order chi connectivity index (χ0) is 12.6. The number of carboxylic acids is 1. The van der Waals surface area contributed by atoms with Gasteiger partial charge in [0.1, 0.15) is 5.82 Å². The summed E-state index contributed by atoms with van der Waals surface area (Å²) >= 11 is 5.81. The molecular formula is C11H9ClFNO3. The van der Waals surface area contributed by atoms with Gasteiger partial charge in [-0.15, -0.1) is 11.6 Å². The van der Waals surface area contributed by atoms with Crippen molar-refractivity contribution < 1.29 is 19.1 Å². The minimum atomic E-state index is -1.21. The van der Waals surface area contributed by atoms with Crippen LogP contribution in [0.5, 0.6) is 0 Å². The second-order valence-corrected chi connectivity index (χ2v) is 4.39. The van der Waals surface area contributed by atoms with Gasteiger partial charge in [0.05, 0.1) is 16.6 Å². The lowest BCUT2D eigenvalue weighted by atomic mass is 10.2. The Bertz CT molecular complexity index is 492. The zero-order valence-corrected chi connectivity index (χ0v) is 9.45. The molecule has 0 spiro atoms. The van der Waals surface area contributed by atoms with Gasteiger partial charge >= 0.3 is 5.97 Å². The number of hydrogen-bond acceptors (Lipinski definition) is 2. The average molecular weight is 258 g/mol. The molecule has 4 nitrogen and oxygen atoms in total.